The number of para-hydroxylation sites is 1. The Morgan fingerprint density at radius 2 is 2.19 bits per heavy atom. The van der Waals surface area contributed by atoms with Gasteiger partial charge in [-0.1, -0.05) is 6.07 Å². The molecule has 4 heteroatoms. The lowest BCUT2D eigenvalue weighted by molar-refractivity contribution is -0.116. The van der Waals surface area contributed by atoms with Crippen LogP contribution in [0.2, 0.25) is 0 Å². The summed E-state index contributed by atoms with van der Waals surface area (Å²) in [6, 6.07) is 5.11. The molecule has 0 spiro atoms. The molecule has 0 saturated carbocycles. The first kappa shape index (κ1) is 10.9. The number of rotatable bonds is 1. The Hall–Kier alpha value is -1.58. The maximum atomic E-state index is 13.6. The molecule has 0 unspecified atom stereocenters. The van der Waals surface area contributed by atoms with Crippen molar-refractivity contribution in [2.45, 2.75) is 26.3 Å². The van der Waals surface area contributed by atoms with Crippen LogP contribution in [0.5, 0.6) is 0 Å². The molecule has 0 radical (unpaired) electrons. The maximum Gasteiger partial charge on any atom is 0.226 e. The Balaban J connectivity index is 2.50. The van der Waals surface area contributed by atoms with Crippen LogP contribution < -0.4 is 10.2 Å². The fraction of sp³-hybridized carbons (Fsp3) is 0.417. The van der Waals surface area contributed by atoms with Crippen molar-refractivity contribution in [3.05, 3.63) is 24.0 Å². The van der Waals surface area contributed by atoms with E-state index in [1.54, 1.807) is 6.07 Å². The van der Waals surface area contributed by atoms with Crippen molar-refractivity contribution in [1.29, 1.82) is 0 Å². The van der Waals surface area contributed by atoms with Crippen LogP contribution >= 0.6 is 0 Å². The number of nitrogens with one attached hydrogen (secondary N) is 1. The average Bonchev–Trinajstić information content (AvgIpc) is 2.38. The maximum absolute atomic E-state index is 13.6. The fourth-order valence-corrected chi connectivity index (χ4v) is 1.96. The van der Waals surface area contributed by atoms with Crippen LogP contribution in [0.4, 0.5) is 15.8 Å². The quantitative estimate of drug-likeness (QED) is 0.791. The summed E-state index contributed by atoms with van der Waals surface area (Å²) in [4.78, 5) is 13.5. The Morgan fingerprint density at radius 1 is 1.44 bits per heavy atom. The highest BCUT2D eigenvalue weighted by Gasteiger charge is 2.22. The number of amides is 1. The topological polar surface area (TPSA) is 32.3 Å². The molecule has 0 atom stereocenters. The zero-order valence-corrected chi connectivity index (χ0v) is 9.46. The van der Waals surface area contributed by atoms with E-state index in [4.69, 9.17) is 0 Å². The normalized spacial score (nSPS) is 15.8. The average molecular weight is 222 g/mol. The van der Waals surface area contributed by atoms with Crippen molar-refractivity contribution in [2.75, 3.05) is 16.8 Å². The van der Waals surface area contributed by atoms with E-state index < -0.39 is 0 Å². The molecule has 16 heavy (non-hydrogen) atoms. The number of carbonyl (C=O) groups is 1. The van der Waals surface area contributed by atoms with Gasteiger partial charge in [0.25, 0.3) is 0 Å². The van der Waals surface area contributed by atoms with Crippen molar-refractivity contribution >= 4 is 17.3 Å². The molecule has 1 amide bonds. The van der Waals surface area contributed by atoms with Crippen LogP contribution in [-0.4, -0.2) is 18.5 Å². The van der Waals surface area contributed by atoms with E-state index >= 15 is 0 Å². The first-order valence-electron chi connectivity index (χ1n) is 5.44. The lowest BCUT2D eigenvalue weighted by atomic mass is 10.2. The van der Waals surface area contributed by atoms with Gasteiger partial charge in [0.2, 0.25) is 5.91 Å². The largest absolute Gasteiger partial charge is 0.367 e. The van der Waals surface area contributed by atoms with Gasteiger partial charge in [-0.25, -0.2) is 4.39 Å². The minimum Gasteiger partial charge on any atom is -0.367 e. The van der Waals surface area contributed by atoms with Crippen LogP contribution in [0.3, 0.4) is 0 Å². The number of fused-ring (bicyclic) bond motifs is 1. The zero-order valence-electron chi connectivity index (χ0n) is 9.46. The third kappa shape index (κ3) is 1.87. The number of nitrogens with zero attached hydrogens (tertiary/aromatic N) is 1. The second kappa shape index (κ2) is 4.12. The van der Waals surface area contributed by atoms with E-state index in [0.717, 1.165) is 5.69 Å². The van der Waals surface area contributed by atoms with E-state index in [0.29, 0.717) is 18.7 Å². The van der Waals surface area contributed by atoms with E-state index in [1.807, 2.05) is 24.8 Å². The number of anilines is 2. The molecule has 2 rings (SSSR count). The summed E-state index contributed by atoms with van der Waals surface area (Å²) in [6.45, 7) is 4.69. The van der Waals surface area contributed by atoms with Crippen LogP contribution in [0, 0.1) is 5.82 Å². The van der Waals surface area contributed by atoms with Gasteiger partial charge in [-0.15, -0.1) is 0 Å². The molecule has 0 aromatic heterocycles. The van der Waals surface area contributed by atoms with Gasteiger partial charge in [-0.2, -0.15) is 0 Å². The summed E-state index contributed by atoms with van der Waals surface area (Å²) in [5.41, 5.74) is 1.07. The molecular formula is C12H15FN2O. The molecule has 3 nitrogen and oxygen atoms in total. The Kier molecular flexibility index (Phi) is 2.81. The number of halogens is 1. The SMILES string of the molecule is CC(C)N1CCC(=O)Nc2c(F)cccc21. The second-order valence-electron chi connectivity index (χ2n) is 4.22. The van der Waals surface area contributed by atoms with E-state index in [9.17, 15) is 9.18 Å². The van der Waals surface area contributed by atoms with Gasteiger partial charge in [-0.05, 0) is 26.0 Å². The van der Waals surface area contributed by atoms with E-state index in [2.05, 4.69) is 5.32 Å². The summed E-state index contributed by atoms with van der Waals surface area (Å²) in [6.07, 6.45) is 0.395. The molecule has 1 aliphatic rings. The molecular weight excluding hydrogens is 207 g/mol. The first-order valence-corrected chi connectivity index (χ1v) is 5.44. The summed E-state index contributed by atoms with van der Waals surface area (Å²) in [7, 11) is 0. The van der Waals surface area contributed by atoms with Crippen LogP contribution in [0.15, 0.2) is 18.2 Å². The Morgan fingerprint density at radius 3 is 2.88 bits per heavy atom. The highest BCUT2D eigenvalue weighted by atomic mass is 19.1. The minimum absolute atomic E-state index is 0.130. The van der Waals surface area contributed by atoms with Gasteiger partial charge in [-0.3, -0.25) is 4.79 Å². The molecule has 1 aliphatic heterocycles. The summed E-state index contributed by atoms with van der Waals surface area (Å²) >= 11 is 0. The molecule has 1 heterocycles. The fourth-order valence-electron chi connectivity index (χ4n) is 1.96. The van der Waals surface area contributed by atoms with Crippen LogP contribution in [-0.2, 0) is 4.79 Å². The molecule has 1 aromatic rings. The van der Waals surface area contributed by atoms with Crippen molar-refractivity contribution in [2.24, 2.45) is 0 Å². The monoisotopic (exact) mass is 222 g/mol. The summed E-state index contributed by atoms with van der Waals surface area (Å²) in [5, 5.41) is 2.62. The first-order chi connectivity index (χ1) is 7.59. The van der Waals surface area contributed by atoms with Crippen molar-refractivity contribution in [3.63, 3.8) is 0 Å². The van der Waals surface area contributed by atoms with E-state index in [-0.39, 0.29) is 17.8 Å². The number of hydrogen-bond acceptors (Lipinski definition) is 2. The Bertz CT molecular complexity index is 417. The van der Waals surface area contributed by atoms with Gasteiger partial charge in [0.1, 0.15) is 11.5 Å². The third-order valence-electron chi connectivity index (χ3n) is 2.77. The second-order valence-corrected chi connectivity index (χ2v) is 4.22. The molecule has 0 fully saturated rings. The summed E-state index contributed by atoms with van der Waals surface area (Å²) < 4.78 is 13.6. The smallest absolute Gasteiger partial charge is 0.226 e. The van der Waals surface area contributed by atoms with Gasteiger partial charge in [0.05, 0.1) is 5.69 Å². The predicted octanol–water partition coefficient (Wildman–Crippen LogP) is 2.38. The van der Waals surface area contributed by atoms with Crippen LogP contribution in [0.1, 0.15) is 20.3 Å². The highest BCUT2D eigenvalue weighted by molar-refractivity contribution is 5.96. The van der Waals surface area contributed by atoms with Gasteiger partial charge in [0.15, 0.2) is 0 Å². The third-order valence-corrected chi connectivity index (χ3v) is 2.77. The number of carbonyl (C=O) groups excluding carboxylic acids is 1. The standard InChI is InChI=1S/C12H15FN2O/c1-8(2)15-7-6-11(16)14-12-9(13)4-3-5-10(12)15/h3-5,8H,6-7H2,1-2H3,(H,14,16). The number of benzene rings is 1. The molecule has 0 aliphatic carbocycles. The lowest BCUT2D eigenvalue weighted by Crippen LogP contribution is -2.31. The molecule has 0 bridgehead atoms. The molecule has 1 N–H and O–H groups in total. The minimum atomic E-state index is -0.376. The Labute approximate surface area is 94.3 Å². The van der Waals surface area contributed by atoms with Crippen molar-refractivity contribution in [1.82, 2.24) is 0 Å². The molecule has 1 aromatic carbocycles. The van der Waals surface area contributed by atoms with Gasteiger partial charge >= 0.3 is 0 Å². The highest BCUT2D eigenvalue weighted by Crippen LogP contribution is 2.32. The van der Waals surface area contributed by atoms with Gasteiger partial charge < -0.3 is 10.2 Å². The van der Waals surface area contributed by atoms with Crippen LogP contribution in [0.25, 0.3) is 0 Å². The van der Waals surface area contributed by atoms with Crippen molar-refractivity contribution in [3.8, 4) is 0 Å². The summed E-state index contributed by atoms with van der Waals surface area (Å²) in [5.74, 6) is -0.507. The van der Waals surface area contributed by atoms with Gasteiger partial charge in [0, 0.05) is 19.0 Å². The molecule has 86 valence electrons. The van der Waals surface area contributed by atoms with Crippen molar-refractivity contribution < 1.29 is 9.18 Å². The molecule has 0 saturated heterocycles. The lowest BCUT2D eigenvalue weighted by Gasteiger charge is -2.28. The number of hydrogen-bond donors (Lipinski definition) is 1. The zero-order chi connectivity index (χ0) is 11.7. The predicted molar refractivity (Wildman–Crippen MR) is 62.1 cm³/mol. The van der Waals surface area contributed by atoms with E-state index in [1.165, 1.54) is 6.07 Å².